The van der Waals surface area contributed by atoms with Gasteiger partial charge in [0.2, 0.25) is 11.6 Å². The van der Waals surface area contributed by atoms with Crippen molar-refractivity contribution in [2.75, 3.05) is 6.61 Å². The van der Waals surface area contributed by atoms with Crippen molar-refractivity contribution in [2.45, 2.75) is 6.92 Å². The maximum absolute atomic E-state index is 11.3. The van der Waals surface area contributed by atoms with Gasteiger partial charge in [-0.05, 0) is 19.1 Å². The van der Waals surface area contributed by atoms with Crippen LogP contribution in [0.4, 0.5) is 11.8 Å². The molecule has 0 saturated heterocycles. The first-order valence-corrected chi connectivity index (χ1v) is 5.65. The molecule has 2 aromatic heterocycles. The number of nitro groups is 1. The summed E-state index contributed by atoms with van der Waals surface area (Å²) in [7, 11) is 0. The molecule has 0 spiro atoms. The highest BCUT2D eigenvalue weighted by Crippen LogP contribution is 2.19. The molecular weight excluding hydrogens is 268 g/mol. The highest BCUT2D eigenvalue weighted by Gasteiger charge is 2.12. The fourth-order valence-corrected chi connectivity index (χ4v) is 1.35. The number of carbonyl (C=O) groups is 1. The van der Waals surface area contributed by atoms with Crippen LogP contribution in [-0.4, -0.2) is 23.7 Å². The summed E-state index contributed by atoms with van der Waals surface area (Å²) in [5, 5.41) is 10.4. The molecule has 104 valence electrons. The second-order valence-electron chi connectivity index (χ2n) is 3.55. The minimum absolute atomic E-state index is 0.0319. The first kappa shape index (κ1) is 13.5. The molecule has 2 rings (SSSR count). The van der Waals surface area contributed by atoms with E-state index in [1.165, 1.54) is 30.5 Å². The van der Waals surface area contributed by atoms with Crippen LogP contribution < -0.4 is 0 Å². The lowest BCUT2D eigenvalue weighted by molar-refractivity contribution is -0.402. The maximum Gasteiger partial charge on any atom is 0.433 e. The van der Waals surface area contributed by atoms with Gasteiger partial charge in [-0.15, -0.1) is 0 Å². The van der Waals surface area contributed by atoms with Gasteiger partial charge < -0.3 is 13.6 Å². The smallest absolute Gasteiger partial charge is 0.433 e. The fraction of sp³-hybridized carbons (Fsp3) is 0.167. The van der Waals surface area contributed by atoms with Gasteiger partial charge in [0, 0.05) is 6.07 Å². The molecule has 2 heterocycles. The van der Waals surface area contributed by atoms with Crippen molar-refractivity contribution in [1.82, 2.24) is 0 Å². The zero-order chi connectivity index (χ0) is 14.5. The minimum atomic E-state index is -0.650. The number of furan rings is 2. The maximum atomic E-state index is 11.3. The largest absolute Gasteiger partial charge is 0.460 e. The lowest BCUT2D eigenvalue weighted by Crippen LogP contribution is -2.02. The molecule has 0 aromatic carbocycles. The van der Waals surface area contributed by atoms with Crippen molar-refractivity contribution < 1.29 is 23.3 Å². The van der Waals surface area contributed by atoms with Crippen molar-refractivity contribution in [3.63, 3.8) is 0 Å². The average Bonchev–Trinajstić information content (AvgIpc) is 3.06. The predicted molar refractivity (Wildman–Crippen MR) is 67.3 cm³/mol. The van der Waals surface area contributed by atoms with Gasteiger partial charge in [0.15, 0.2) is 5.76 Å². The third-order valence-corrected chi connectivity index (χ3v) is 2.18. The lowest BCUT2D eigenvalue weighted by Gasteiger charge is -1.95. The van der Waals surface area contributed by atoms with Crippen LogP contribution in [-0.2, 0) is 4.74 Å². The molecule has 0 unspecified atom stereocenters. The molecule has 0 aliphatic heterocycles. The van der Waals surface area contributed by atoms with Crippen LogP contribution in [0.2, 0.25) is 0 Å². The highest BCUT2D eigenvalue weighted by atomic mass is 16.6. The van der Waals surface area contributed by atoms with Crippen LogP contribution in [0.3, 0.4) is 0 Å². The van der Waals surface area contributed by atoms with Crippen molar-refractivity contribution >= 4 is 24.0 Å². The summed E-state index contributed by atoms with van der Waals surface area (Å²) in [6.07, 6.45) is 1.25. The van der Waals surface area contributed by atoms with E-state index in [0.717, 1.165) is 0 Å². The molecule has 8 heteroatoms. The minimum Gasteiger partial charge on any atom is -0.460 e. The Morgan fingerprint density at radius 1 is 1.40 bits per heavy atom. The third-order valence-electron chi connectivity index (χ3n) is 2.18. The summed E-state index contributed by atoms with van der Waals surface area (Å²) in [4.78, 5) is 25.0. The van der Waals surface area contributed by atoms with Crippen LogP contribution in [0.1, 0.15) is 23.2 Å². The molecule has 0 aliphatic rings. The van der Waals surface area contributed by atoms with E-state index in [9.17, 15) is 14.9 Å². The summed E-state index contributed by atoms with van der Waals surface area (Å²) in [6, 6.07) is 5.51. The number of esters is 1. The number of carbonyl (C=O) groups excluding carboxylic acids is 1. The first-order chi connectivity index (χ1) is 9.60. The number of rotatable bonds is 5. The van der Waals surface area contributed by atoms with Gasteiger partial charge in [0.1, 0.15) is 4.92 Å². The Labute approximate surface area is 112 Å². The number of aliphatic imine (C=N–C) groups is 1. The molecule has 0 aliphatic carbocycles. The zero-order valence-electron chi connectivity index (χ0n) is 10.4. The van der Waals surface area contributed by atoms with Crippen molar-refractivity contribution in [3.05, 3.63) is 45.9 Å². The zero-order valence-corrected chi connectivity index (χ0v) is 10.4. The average molecular weight is 278 g/mol. The lowest BCUT2D eigenvalue weighted by atomic mass is 10.4. The van der Waals surface area contributed by atoms with Gasteiger partial charge in [-0.3, -0.25) is 10.1 Å². The molecule has 8 nitrogen and oxygen atoms in total. The van der Waals surface area contributed by atoms with E-state index in [1.54, 1.807) is 6.92 Å². The van der Waals surface area contributed by atoms with Gasteiger partial charge in [-0.2, -0.15) is 0 Å². The van der Waals surface area contributed by atoms with E-state index in [2.05, 4.69) is 4.99 Å². The SMILES string of the molecule is CCOC(=O)c1ccc(/N=C/c2ccc([N+](=O)[O-])o2)o1. The van der Waals surface area contributed by atoms with Crippen LogP contribution >= 0.6 is 0 Å². The molecule has 0 N–H and O–H groups in total. The Morgan fingerprint density at radius 2 is 2.20 bits per heavy atom. The predicted octanol–water partition coefficient (Wildman–Crippen LogP) is 2.71. The Hall–Kier alpha value is -2.90. The number of hydrogen-bond acceptors (Lipinski definition) is 7. The standard InChI is InChI=1S/C12H10N2O6/c1-2-18-12(15)9-4-5-10(20-9)13-7-8-3-6-11(19-8)14(16)17/h3-7H,2H2,1H3/b13-7+. The van der Waals surface area contributed by atoms with Crippen molar-refractivity contribution in [2.24, 2.45) is 4.99 Å². The Morgan fingerprint density at radius 3 is 2.85 bits per heavy atom. The highest BCUT2D eigenvalue weighted by molar-refractivity contribution is 5.87. The van der Waals surface area contributed by atoms with E-state index in [4.69, 9.17) is 13.6 Å². The quantitative estimate of drug-likeness (QED) is 0.360. The molecule has 2 aromatic rings. The number of ether oxygens (including phenoxy) is 1. The summed E-state index contributed by atoms with van der Waals surface area (Å²) >= 11 is 0. The van der Waals surface area contributed by atoms with E-state index >= 15 is 0 Å². The topological polar surface area (TPSA) is 108 Å². The van der Waals surface area contributed by atoms with E-state index in [1.807, 2.05) is 0 Å². The van der Waals surface area contributed by atoms with Crippen LogP contribution in [0.25, 0.3) is 0 Å². The van der Waals surface area contributed by atoms with E-state index < -0.39 is 10.9 Å². The Kier molecular flexibility index (Phi) is 3.94. The summed E-state index contributed by atoms with van der Waals surface area (Å²) in [5.41, 5.74) is 0. The molecule has 0 atom stereocenters. The first-order valence-electron chi connectivity index (χ1n) is 5.65. The monoisotopic (exact) mass is 278 g/mol. The molecule has 0 amide bonds. The normalized spacial score (nSPS) is 10.8. The second-order valence-corrected chi connectivity index (χ2v) is 3.55. The van der Waals surface area contributed by atoms with Gasteiger partial charge in [-0.1, -0.05) is 0 Å². The molecule has 0 fully saturated rings. The van der Waals surface area contributed by atoms with E-state index in [-0.39, 0.29) is 29.9 Å². The number of nitrogens with zero attached hydrogens (tertiary/aromatic N) is 2. The van der Waals surface area contributed by atoms with Gasteiger partial charge in [-0.25, -0.2) is 9.79 Å². The Bertz CT molecular complexity index is 654. The summed E-state index contributed by atoms with van der Waals surface area (Å²) < 4.78 is 14.8. The number of hydrogen-bond donors (Lipinski definition) is 0. The van der Waals surface area contributed by atoms with Crippen LogP contribution in [0.15, 0.2) is 38.1 Å². The van der Waals surface area contributed by atoms with Gasteiger partial charge >= 0.3 is 11.9 Å². The Balaban J connectivity index is 2.07. The van der Waals surface area contributed by atoms with Crippen LogP contribution in [0.5, 0.6) is 0 Å². The van der Waals surface area contributed by atoms with Crippen molar-refractivity contribution in [3.8, 4) is 0 Å². The second kappa shape index (κ2) is 5.83. The molecule has 0 bridgehead atoms. The van der Waals surface area contributed by atoms with E-state index in [0.29, 0.717) is 0 Å². The van der Waals surface area contributed by atoms with Crippen LogP contribution in [0, 0.1) is 10.1 Å². The summed E-state index contributed by atoms with van der Waals surface area (Å²) in [6.45, 7) is 1.93. The fourth-order valence-electron chi connectivity index (χ4n) is 1.35. The summed E-state index contributed by atoms with van der Waals surface area (Å²) in [5.74, 6) is -0.567. The molecular formula is C12H10N2O6. The van der Waals surface area contributed by atoms with Crippen molar-refractivity contribution in [1.29, 1.82) is 0 Å². The van der Waals surface area contributed by atoms with Gasteiger partial charge in [0.05, 0.1) is 18.9 Å². The molecule has 0 radical (unpaired) electrons. The van der Waals surface area contributed by atoms with Gasteiger partial charge in [0.25, 0.3) is 0 Å². The third kappa shape index (κ3) is 3.10. The molecule has 0 saturated carbocycles. The molecule has 20 heavy (non-hydrogen) atoms.